The number of amides is 2. The predicted octanol–water partition coefficient (Wildman–Crippen LogP) is 3.65. The van der Waals surface area contributed by atoms with Crippen LogP contribution in [0.25, 0.3) is 0 Å². The fourth-order valence-corrected chi connectivity index (χ4v) is 6.72. The standard InChI is InChI=1S/C34H33F2N5O4/c35-27-15-21(30(18-38)41-12-10-40(11-13-41)29-8-4-20(17-37)14-28(29)36)5-6-22(27)19-45-31-3-1-2-23-25(31)16-26(33(23)43)24-7-9-32(42)39-34(24)44/h1-6,8,14-15,24,26,30H,7,9-13,16,18-19,38H2,(H,39,42,44)/t24-,26?,30?/m1/s1. The number of nitrogens with one attached hydrogen (secondary N) is 1. The van der Waals surface area contributed by atoms with E-state index in [2.05, 4.69) is 10.2 Å². The van der Waals surface area contributed by atoms with Gasteiger partial charge in [-0.25, -0.2) is 8.78 Å². The average Bonchev–Trinajstić information content (AvgIpc) is 3.37. The molecule has 2 heterocycles. The molecule has 0 radical (unpaired) electrons. The van der Waals surface area contributed by atoms with E-state index in [0.717, 1.165) is 5.56 Å². The van der Waals surface area contributed by atoms with Crippen LogP contribution in [0.3, 0.4) is 0 Å². The maximum atomic E-state index is 15.4. The van der Waals surface area contributed by atoms with Crippen molar-refractivity contribution >= 4 is 23.3 Å². The van der Waals surface area contributed by atoms with E-state index in [-0.39, 0.29) is 42.9 Å². The fourth-order valence-electron chi connectivity index (χ4n) is 6.72. The van der Waals surface area contributed by atoms with Gasteiger partial charge in [0.2, 0.25) is 11.8 Å². The van der Waals surface area contributed by atoms with Crippen molar-refractivity contribution in [1.29, 1.82) is 5.26 Å². The molecule has 232 valence electrons. The highest BCUT2D eigenvalue weighted by molar-refractivity contribution is 6.07. The Balaban J connectivity index is 1.09. The Morgan fingerprint density at radius 1 is 1.00 bits per heavy atom. The third-order valence-electron chi connectivity index (χ3n) is 9.17. The Morgan fingerprint density at radius 3 is 2.49 bits per heavy atom. The largest absolute Gasteiger partial charge is 0.488 e. The lowest BCUT2D eigenvalue weighted by Crippen LogP contribution is -2.49. The number of imide groups is 1. The van der Waals surface area contributed by atoms with Gasteiger partial charge in [-0.15, -0.1) is 0 Å². The first-order valence-corrected chi connectivity index (χ1v) is 15.1. The Hall–Kier alpha value is -4.66. The summed E-state index contributed by atoms with van der Waals surface area (Å²) in [5, 5.41) is 11.3. The molecule has 3 aromatic rings. The summed E-state index contributed by atoms with van der Waals surface area (Å²) in [6, 6.07) is 16.3. The lowest BCUT2D eigenvalue weighted by molar-refractivity contribution is -0.137. The molecule has 0 spiro atoms. The number of halogens is 2. The van der Waals surface area contributed by atoms with Crippen molar-refractivity contribution in [1.82, 2.24) is 10.2 Å². The van der Waals surface area contributed by atoms with Crippen LogP contribution in [-0.2, 0) is 22.6 Å². The molecule has 9 nitrogen and oxygen atoms in total. The Morgan fingerprint density at radius 2 is 1.80 bits per heavy atom. The monoisotopic (exact) mass is 613 g/mol. The first kappa shape index (κ1) is 30.4. The van der Waals surface area contributed by atoms with Gasteiger partial charge in [0, 0.05) is 73.7 Å². The number of fused-ring (bicyclic) bond motifs is 1. The van der Waals surface area contributed by atoms with Crippen molar-refractivity contribution in [3.8, 4) is 11.8 Å². The minimum atomic E-state index is -0.573. The molecular weight excluding hydrogens is 580 g/mol. The van der Waals surface area contributed by atoms with E-state index in [4.69, 9.17) is 15.7 Å². The van der Waals surface area contributed by atoms with E-state index < -0.39 is 29.4 Å². The molecule has 6 rings (SSSR count). The molecule has 3 aromatic carbocycles. The molecule has 45 heavy (non-hydrogen) atoms. The van der Waals surface area contributed by atoms with Crippen molar-refractivity contribution in [2.24, 2.45) is 17.6 Å². The topological polar surface area (TPSA) is 129 Å². The number of benzene rings is 3. The van der Waals surface area contributed by atoms with Crippen LogP contribution in [0, 0.1) is 34.8 Å². The van der Waals surface area contributed by atoms with E-state index in [1.54, 1.807) is 36.4 Å². The number of ketones is 1. The van der Waals surface area contributed by atoms with Gasteiger partial charge in [-0.3, -0.25) is 24.6 Å². The van der Waals surface area contributed by atoms with Gasteiger partial charge in [0.15, 0.2) is 5.78 Å². The van der Waals surface area contributed by atoms with Gasteiger partial charge < -0.3 is 15.4 Å². The fraction of sp³-hybridized carbons (Fsp3) is 0.353. The van der Waals surface area contributed by atoms with Gasteiger partial charge >= 0.3 is 0 Å². The van der Waals surface area contributed by atoms with Crippen LogP contribution in [0.1, 0.15) is 51.5 Å². The normalized spacial score (nSPS) is 20.8. The number of nitrogens with two attached hydrogens (primary N) is 1. The molecule has 11 heteroatoms. The number of carbonyl (C=O) groups is 3. The van der Waals surface area contributed by atoms with Gasteiger partial charge in [0.05, 0.1) is 17.3 Å². The quantitative estimate of drug-likeness (QED) is 0.369. The number of hydrogen-bond acceptors (Lipinski definition) is 8. The van der Waals surface area contributed by atoms with Gasteiger partial charge in [-0.05, 0) is 48.7 Å². The van der Waals surface area contributed by atoms with E-state index in [1.165, 1.54) is 12.1 Å². The highest BCUT2D eigenvalue weighted by Gasteiger charge is 2.43. The van der Waals surface area contributed by atoms with Gasteiger partial charge in [-0.1, -0.05) is 24.3 Å². The molecule has 2 aliphatic heterocycles. The number of Topliss-reactive ketones (excluding diaryl/α,β-unsaturated/α-hetero) is 1. The zero-order valence-corrected chi connectivity index (χ0v) is 24.6. The Kier molecular flexibility index (Phi) is 8.61. The third-order valence-corrected chi connectivity index (χ3v) is 9.17. The van der Waals surface area contributed by atoms with Gasteiger partial charge in [-0.2, -0.15) is 5.26 Å². The number of piperidine rings is 1. The highest BCUT2D eigenvalue weighted by atomic mass is 19.1. The van der Waals surface area contributed by atoms with Crippen LogP contribution in [0.2, 0.25) is 0 Å². The van der Waals surface area contributed by atoms with Crippen LogP contribution in [0.15, 0.2) is 54.6 Å². The number of nitrogens with zero attached hydrogens (tertiary/aromatic N) is 3. The molecule has 3 atom stereocenters. The molecule has 0 saturated carbocycles. The maximum absolute atomic E-state index is 15.4. The molecular formula is C34H33F2N5O4. The third kappa shape index (κ3) is 6.03. The molecule has 2 saturated heterocycles. The SMILES string of the molecule is N#Cc1ccc(N2CCN(C(CN)c3ccc(COc4cccc5c4CC([C@H]4CCC(=O)NC4=O)C5=O)c(F)c3)CC2)c(F)c1. The van der Waals surface area contributed by atoms with E-state index in [9.17, 15) is 18.8 Å². The summed E-state index contributed by atoms with van der Waals surface area (Å²) in [6.45, 7) is 2.54. The molecule has 3 N–H and O–H groups in total. The number of piperazine rings is 1. The molecule has 2 amide bonds. The summed E-state index contributed by atoms with van der Waals surface area (Å²) in [4.78, 5) is 41.3. The Bertz CT molecular complexity index is 1700. The summed E-state index contributed by atoms with van der Waals surface area (Å²) < 4.78 is 36.0. The summed E-state index contributed by atoms with van der Waals surface area (Å²) in [7, 11) is 0. The van der Waals surface area contributed by atoms with Crippen LogP contribution < -0.4 is 20.7 Å². The Labute approximate surface area is 259 Å². The highest BCUT2D eigenvalue weighted by Crippen LogP contribution is 2.39. The van der Waals surface area contributed by atoms with Crippen molar-refractivity contribution in [2.45, 2.75) is 31.9 Å². The molecule has 0 aromatic heterocycles. The lowest BCUT2D eigenvalue weighted by Gasteiger charge is -2.40. The number of nitriles is 1. The second kappa shape index (κ2) is 12.8. The second-order valence-corrected chi connectivity index (χ2v) is 11.7. The van der Waals surface area contributed by atoms with Crippen LogP contribution in [0.4, 0.5) is 14.5 Å². The zero-order valence-electron chi connectivity index (χ0n) is 24.6. The number of hydrogen-bond donors (Lipinski definition) is 2. The smallest absolute Gasteiger partial charge is 0.230 e. The average molecular weight is 614 g/mol. The molecule has 1 aliphatic carbocycles. The van der Waals surface area contributed by atoms with Crippen molar-refractivity contribution in [2.75, 3.05) is 37.6 Å². The summed E-state index contributed by atoms with van der Waals surface area (Å²) in [6.07, 6.45) is 0.855. The zero-order chi connectivity index (χ0) is 31.7. The summed E-state index contributed by atoms with van der Waals surface area (Å²) in [5.41, 5.74) is 9.13. The van der Waals surface area contributed by atoms with Gasteiger partial charge in [0.25, 0.3) is 0 Å². The van der Waals surface area contributed by atoms with Crippen molar-refractivity contribution < 1.29 is 27.9 Å². The number of rotatable bonds is 8. The molecule has 0 bridgehead atoms. The minimum absolute atomic E-state index is 0.0536. The van der Waals surface area contributed by atoms with Crippen LogP contribution in [-0.4, -0.2) is 55.2 Å². The first-order chi connectivity index (χ1) is 21.8. The van der Waals surface area contributed by atoms with E-state index >= 15 is 4.39 Å². The molecule has 2 unspecified atom stereocenters. The lowest BCUT2D eigenvalue weighted by atomic mass is 9.83. The predicted molar refractivity (Wildman–Crippen MR) is 161 cm³/mol. The summed E-state index contributed by atoms with van der Waals surface area (Å²) >= 11 is 0. The minimum Gasteiger partial charge on any atom is -0.488 e. The first-order valence-electron chi connectivity index (χ1n) is 15.1. The van der Waals surface area contributed by atoms with E-state index in [1.807, 2.05) is 17.0 Å². The summed E-state index contributed by atoms with van der Waals surface area (Å²) in [5.74, 6) is -2.42. The number of anilines is 1. The molecule has 2 fully saturated rings. The van der Waals surface area contributed by atoms with Crippen molar-refractivity contribution in [3.05, 3.63) is 94.0 Å². The van der Waals surface area contributed by atoms with E-state index in [0.29, 0.717) is 67.1 Å². The number of carbonyl (C=O) groups excluding carboxylic acids is 3. The van der Waals surface area contributed by atoms with Crippen LogP contribution >= 0.6 is 0 Å². The van der Waals surface area contributed by atoms with Crippen molar-refractivity contribution in [3.63, 3.8) is 0 Å². The van der Waals surface area contributed by atoms with Gasteiger partial charge in [0.1, 0.15) is 24.0 Å². The van der Waals surface area contributed by atoms with Crippen LogP contribution in [0.5, 0.6) is 5.75 Å². The second-order valence-electron chi connectivity index (χ2n) is 11.7. The molecule has 3 aliphatic rings. The number of ether oxygens (including phenoxy) is 1. The maximum Gasteiger partial charge on any atom is 0.230 e.